The summed E-state index contributed by atoms with van der Waals surface area (Å²) in [7, 11) is 1.68. The number of hydrogen-bond acceptors (Lipinski definition) is 1. The Kier molecular flexibility index (Phi) is 4.02. The third-order valence-corrected chi connectivity index (χ3v) is 4.01. The van der Waals surface area contributed by atoms with E-state index in [-0.39, 0.29) is 30.6 Å². The molecule has 1 aliphatic rings. The molecule has 2 unspecified atom stereocenters. The Morgan fingerprint density at radius 1 is 1.44 bits per heavy atom. The van der Waals surface area contributed by atoms with Crippen LogP contribution in [0.1, 0.15) is 30.9 Å². The van der Waals surface area contributed by atoms with Crippen LogP contribution in [0.3, 0.4) is 0 Å². The van der Waals surface area contributed by atoms with Crippen molar-refractivity contribution in [3.63, 3.8) is 0 Å². The van der Waals surface area contributed by atoms with Crippen LogP contribution >= 0.6 is 15.9 Å². The van der Waals surface area contributed by atoms with Crippen LogP contribution in [0.5, 0.6) is 0 Å². The zero-order chi connectivity index (χ0) is 13.3. The van der Waals surface area contributed by atoms with Crippen LogP contribution in [0.2, 0.25) is 0 Å². The summed E-state index contributed by atoms with van der Waals surface area (Å²) in [6, 6.07) is 4.26. The summed E-state index contributed by atoms with van der Waals surface area (Å²) in [5.74, 6) is -3.19. The van der Waals surface area contributed by atoms with E-state index in [4.69, 9.17) is 0 Å². The third kappa shape index (κ3) is 2.88. The Hall–Kier alpha value is -0.550. The molecular weight excluding hydrogens is 307 g/mol. The maximum Gasteiger partial charge on any atom is 0.248 e. The molecule has 1 aliphatic carbocycles. The minimum absolute atomic E-state index is 0.106. The number of alkyl halides is 2. The lowest BCUT2D eigenvalue weighted by Gasteiger charge is -2.24. The van der Waals surface area contributed by atoms with Gasteiger partial charge in [-0.3, -0.25) is 0 Å². The van der Waals surface area contributed by atoms with E-state index in [9.17, 15) is 13.2 Å². The van der Waals surface area contributed by atoms with Crippen molar-refractivity contribution in [3.8, 4) is 0 Å². The van der Waals surface area contributed by atoms with Crippen LogP contribution in [0, 0.1) is 11.7 Å². The van der Waals surface area contributed by atoms with Crippen molar-refractivity contribution in [1.82, 2.24) is 5.32 Å². The normalized spacial score (nSPS) is 24.2. The molecular formula is C13H15BrF3N. The molecule has 2 rings (SSSR count). The van der Waals surface area contributed by atoms with Crippen LogP contribution < -0.4 is 5.32 Å². The van der Waals surface area contributed by atoms with Crippen molar-refractivity contribution in [3.05, 3.63) is 34.1 Å². The van der Waals surface area contributed by atoms with Gasteiger partial charge < -0.3 is 5.32 Å². The van der Waals surface area contributed by atoms with Gasteiger partial charge in [-0.1, -0.05) is 15.9 Å². The fourth-order valence-electron chi connectivity index (χ4n) is 2.67. The molecule has 100 valence electrons. The van der Waals surface area contributed by atoms with Gasteiger partial charge in [0.15, 0.2) is 0 Å². The van der Waals surface area contributed by atoms with Crippen LogP contribution in [-0.2, 0) is 0 Å². The zero-order valence-corrected chi connectivity index (χ0v) is 11.6. The van der Waals surface area contributed by atoms with Crippen molar-refractivity contribution in [2.75, 3.05) is 7.05 Å². The van der Waals surface area contributed by atoms with E-state index in [1.165, 1.54) is 6.07 Å². The molecule has 1 nitrogen and oxygen atoms in total. The summed E-state index contributed by atoms with van der Waals surface area (Å²) < 4.78 is 41.1. The quantitative estimate of drug-likeness (QED) is 0.876. The number of halogens is 4. The maximum atomic E-state index is 13.8. The molecule has 0 aliphatic heterocycles. The van der Waals surface area contributed by atoms with E-state index in [2.05, 4.69) is 21.2 Å². The number of nitrogens with one attached hydrogen (secondary N) is 1. The number of rotatable bonds is 3. The lowest BCUT2D eigenvalue weighted by Crippen LogP contribution is -2.26. The van der Waals surface area contributed by atoms with Crippen LogP contribution in [0.4, 0.5) is 13.2 Å². The van der Waals surface area contributed by atoms with E-state index in [1.54, 1.807) is 19.2 Å². The van der Waals surface area contributed by atoms with Gasteiger partial charge in [0, 0.05) is 28.9 Å². The topological polar surface area (TPSA) is 12.0 Å². The zero-order valence-electron chi connectivity index (χ0n) is 10.0. The summed E-state index contributed by atoms with van der Waals surface area (Å²) in [4.78, 5) is 0. The molecule has 5 heteroatoms. The first-order chi connectivity index (χ1) is 8.43. The second kappa shape index (κ2) is 5.21. The Labute approximate surface area is 113 Å². The Balaban J connectivity index is 2.26. The van der Waals surface area contributed by atoms with E-state index in [0.717, 1.165) is 4.47 Å². The molecule has 1 saturated carbocycles. The molecule has 0 amide bonds. The van der Waals surface area contributed by atoms with Gasteiger partial charge in [0.05, 0.1) is 0 Å². The van der Waals surface area contributed by atoms with Crippen LogP contribution in [0.25, 0.3) is 0 Å². The lowest BCUT2D eigenvalue weighted by molar-refractivity contribution is 0.00333. The number of benzene rings is 1. The Bertz CT molecular complexity index is 436. The molecule has 0 radical (unpaired) electrons. The average molecular weight is 322 g/mol. The molecule has 0 aromatic heterocycles. The van der Waals surface area contributed by atoms with Crippen molar-refractivity contribution in [2.24, 2.45) is 5.92 Å². The second-order valence-electron chi connectivity index (χ2n) is 4.79. The monoisotopic (exact) mass is 321 g/mol. The molecule has 0 saturated heterocycles. The first-order valence-corrected chi connectivity index (χ1v) is 6.72. The van der Waals surface area contributed by atoms with Crippen LogP contribution in [0.15, 0.2) is 22.7 Å². The highest BCUT2D eigenvalue weighted by molar-refractivity contribution is 9.10. The molecule has 1 fully saturated rings. The SMILES string of the molecule is CNC(c1cc(Br)ccc1F)C1CCC(F)(F)C1. The first-order valence-electron chi connectivity index (χ1n) is 5.93. The third-order valence-electron chi connectivity index (χ3n) is 3.52. The summed E-state index contributed by atoms with van der Waals surface area (Å²) in [6.45, 7) is 0. The molecule has 1 aromatic rings. The van der Waals surface area contributed by atoms with Gasteiger partial charge in [0.2, 0.25) is 5.92 Å². The Morgan fingerprint density at radius 3 is 2.72 bits per heavy atom. The van der Waals surface area contributed by atoms with Crippen molar-refractivity contribution in [2.45, 2.75) is 31.2 Å². The number of hydrogen-bond donors (Lipinski definition) is 1. The lowest BCUT2D eigenvalue weighted by atomic mass is 9.91. The van der Waals surface area contributed by atoms with Gasteiger partial charge in [-0.25, -0.2) is 13.2 Å². The largest absolute Gasteiger partial charge is 0.313 e. The highest BCUT2D eigenvalue weighted by Crippen LogP contribution is 2.44. The van der Waals surface area contributed by atoms with Gasteiger partial charge in [-0.2, -0.15) is 0 Å². The predicted octanol–water partition coefficient (Wildman–Crippen LogP) is 4.28. The molecule has 0 heterocycles. The fourth-order valence-corrected chi connectivity index (χ4v) is 3.05. The smallest absolute Gasteiger partial charge is 0.248 e. The van der Waals surface area contributed by atoms with Gasteiger partial charge >= 0.3 is 0 Å². The summed E-state index contributed by atoms with van der Waals surface area (Å²) in [5.41, 5.74) is 0.453. The standard InChI is InChI=1S/C13H15BrF3N/c1-18-12(8-4-5-13(16,17)7-8)10-6-9(14)2-3-11(10)15/h2-3,6,8,12,18H,4-5,7H2,1H3. The van der Waals surface area contributed by atoms with Crippen molar-refractivity contribution in [1.29, 1.82) is 0 Å². The molecule has 18 heavy (non-hydrogen) atoms. The van der Waals surface area contributed by atoms with Gasteiger partial charge in [0.1, 0.15) is 5.82 Å². The predicted molar refractivity (Wildman–Crippen MR) is 68.2 cm³/mol. The van der Waals surface area contributed by atoms with Gasteiger partial charge in [-0.05, 0) is 37.6 Å². The van der Waals surface area contributed by atoms with E-state index in [1.807, 2.05) is 0 Å². The van der Waals surface area contributed by atoms with Crippen molar-refractivity contribution >= 4 is 15.9 Å². The summed E-state index contributed by atoms with van der Waals surface area (Å²) >= 11 is 3.28. The fraction of sp³-hybridized carbons (Fsp3) is 0.538. The van der Waals surface area contributed by atoms with E-state index in [0.29, 0.717) is 12.0 Å². The summed E-state index contributed by atoms with van der Waals surface area (Å²) in [6.07, 6.45) is 0.139. The van der Waals surface area contributed by atoms with Gasteiger partial charge in [-0.15, -0.1) is 0 Å². The molecule has 1 N–H and O–H groups in total. The van der Waals surface area contributed by atoms with E-state index >= 15 is 0 Å². The minimum atomic E-state index is -2.61. The second-order valence-corrected chi connectivity index (χ2v) is 5.71. The van der Waals surface area contributed by atoms with Crippen LogP contribution in [-0.4, -0.2) is 13.0 Å². The molecule has 2 atom stereocenters. The first kappa shape index (κ1) is 13.9. The Morgan fingerprint density at radius 2 is 2.17 bits per heavy atom. The summed E-state index contributed by atoms with van der Waals surface area (Å²) in [5, 5.41) is 2.97. The maximum absolute atomic E-state index is 13.8. The highest BCUT2D eigenvalue weighted by Gasteiger charge is 2.43. The molecule has 0 bridgehead atoms. The highest BCUT2D eigenvalue weighted by atomic mass is 79.9. The molecule has 1 aromatic carbocycles. The van der Waals surface area contributed by atoms with E-state index < -0.39 is 5.92 Å². The molecule has 0 spiro atoms. The van der Waals surface area contributed by atoms with Crippen molar-refractivity contribution < 1.29 is 13.2 Å². The minimum Gasteiger partial charge on any atom is -0.313 e. The van der Waals surface area contributed by atoms with Gasteiger partial charge in [0.25, 0.3) is 0 Å². The average Bonchev–Trinajstić information content (AvgIpc) is 2.65.